The predicted molar refractivity (Wildman–Crippen MR) is 118 cm³/mol. The molecule has 1 aromatic carbocycles. The minimum absolute atomic E-state index is 0.0309. The molecule has 3 aromatic rings. The Bertz CT molecular complexity index is 1220. The molecular formula is C23H21F4N5O4. The van der Waals surface area contributed by atoms with Gasteiger partial charge in [-0.2, -0.15) is 5.10 Å². The van der Waals surface area contributed by atoms with Crippen LogP contribution >= 0.6 is 0 Å². The van der Waals surface area contributed by atoms with Crippen molar-refractivity contribution < 1.29 is 36.6 Å². The molecule has 3 heterocycles. The van der Waals surface area contributed by atoms with Gasteiger partial charge in [0.15, 0.2) is 11.9 Å². The van der Waals surface area contributed by atoms with Crippen LogP contribution in [0.3, 0.4) is 0 Å². The van der Waals surface area contributed by atoms with Gasteiger partial charge >= 0.3 is 6.36 Å². The van der Waals surface area contributed by atoms with Gasteiger partial charge in [0.1, 0.15) is 11.9 Å². The average molecular weight is 507 g/mol. The Morgan fingerprint density at radius 3 is 2.56 bits per heavy atom. The summed E-state index contributed by atoms with van der Waals surface area (Å²) in [5.41, 5.74) is 7.02. The summed E-state index contributed by atoms with van der Waals surface area (Å²) in [5.74, 6) is -1.53. The number of benzene rings is 1. The molecular weight excluding hydrogens is 486 g/mol. The van der Waals surface area contributed by atoms with Crippen LogP contribution in [0.2, 0.25) is 0 Å². The van der Waals surface area contributed by atoms with E-state index in [4.69, 9.17) is 10.5 Å². The normalized spacial score (nSPS) is 18.1. The first-order chi connectivity index (χ1) is 17.1. The molecule has 3 N–H and O–H groups in total. The zero-order chi connectivity index (χ0) is 25.9. The van der Waals surface area contributed by atoms with Crippen LogP contribution in [0, 0.1) is 0 Å². The first-order valence-corrected chi connectivity index (χ1v) is 10.8. The summed E-state index contributed by atoms with van der Waals surface area (Å²) < 4.78 is 61.3. The van der Waals surface area contributed by atoms with Gasteiger partial charge < -0.3 is 20.1 Å². The number of nitrogens with one attached hydrogen (secondary N) is 1. The molecule has 0 radical (unpaired) electrons. The molecule has 13 heteroatoms. The Morgan fingerprint density at radius 2 is 1.94 bits per heavy atom. The molecule has 0 unspecified atom stereocenters. The van der Waals surface area contributed by atoms with Gasteiger partial charge in [0.2, 0.25) is 5.91 Å². The van der Waals surface area contributed by atoms with Gasteiger partial charge in [0.05, 0.1) is 36.6 Å². The van der Waals surface area contributed by atoms with Crippen molar-refractivity contribution in [3.05, 3.63) is 60.0 Å². The molecule has 1 aliphatic rings. The Labute approximate surface area is 202 Å². The van der Waals surface area contributed by atoms with E-state index in [1.807, 2.05) is 0 Å². The number of rotatable bonds is 7. The second-order valence-electron chi connectivity index (χ2n) is 8.09. The largest absolute Gasteiger partial charge is 0.573 e. The third-order valence-corrected chi connectivity index (χ3v) is 5.55. The fourth-order valence-electron chi connectivity index (χ4n) is 3.78. The summed E-state index contributed by atoms with van der Waals surface area (Å²) in [6, 6.07) is 6.33. The highest BCUT2D eigenvalue weighted by molar-refractivity contribution is 5.96. The van der Waals surface area contributed by atoms with Gasteiger partial charge in [-0.1, -0.05) is 12.1 Å². The van der Waals surface area contributed by atoms with Crippen LogP contribution in [0.5, 0.6) is 11.5 Å². The second-order valence-corrected chi connectivity index (χ2v) is 8.09. The van der Waals surface area contributed by atoms with E-state index < -0.39 is 30.3 Å². The number of nitrogens with zero attached hydrogens (tertiary/aromatic N) is 3. The molecule has 1 saturated heterocycles. The molecule has 4 rings (SSSR count). The number of halogens is 4. The molecule has 0 aliphatic carbocycles. The van der Waals surface area contributed by atoms with Crippen molar-refractivity contribution in [1.82, 2.24) is 20.1 Å². The number of hydrogen-bond acceptors (Lipinski definition) is 6. The number of hydrogen-bond donors (Lipinski definition) is 2. The fourth-order valence-corrected chi connectivity index (χ4v) is 3.78. The van der Waals surface area contributed by atoms with Crippen LogP contribution in [-0.2, 0) is 11.2 Å². The van der Waals surface area contributed by atoms with Crippen molar-refractivity contribution in [2.24, 2.45) is 5.73 Å². The Balaban J connectivity index is 1.36. The molecule has 2 aromatic heterocycles. The lowest BCUT2D eigenvalue weighted by Crippen LogP contribution is -2.49. The van der Waals surface area contributed by atoms with Crippen molar-refractivity contribution in [3.63, 3.8) is 0 Å². The number of aromatic nitrogens is 3. The molecule has 9 nitrogen and oxygen atoms in total. The maximum atomic E-state index is 14.9. The zero-order valence-electron chi connectivity index (χ0n) is 18.7. The summed E-state index contributed by atoms with van der Waals surface area (Å²) in [4.78, 5) is 30.1. The highest BCUT2D eigenvalue weighted by atomic mass is 19.4. The molecule has 0 spiro atoms. The molecule has 0 bridgehead atoms. The smallest absolute Gasteiger partial charge is 0.485 e. The molecule has 2 amide bonds. The van der Waals surface area contributed by atoms with E-state index in [1.54, 1.807) is 6.20 Å². The maximum absolute atomic E-state index is 14.9. The minimum Gasteiger partial charge on any atom is -0.485 e. The second kappa shape index (κ2) is 10.2. The lowest BCUT2D eigenvalue weighted by molar-refractivity contribution is -0.274. The highest BCUT2D eigenvalue weighted by Crippen LogP contribution is 2.28. The van der Waals surface area contributed by atoms with Crippen LogP contribution in [-0.4, -0.2) is 63.6 Å². The number of primary amides is 1. The van der Waals surface area contributed by atoms with Gasteiger partial charge in [-0.25, -0.2) is 4.39 Å². The Kier molecular flexibility index (Phi) is 7.08. The Morgan fingerprint density at radius 1 is 1.19 bits per heavy atom. The van der Waals surface area contributed by atoms with E-state index in [0.717, 1.165) is 12.1 Å². The van der Waals surface area contributed by atoms with Gasteiger partial charge in [0.25, 0.3) is 5.91 Å². The summed E-state index contributed by atoms with van der Waals surface area (Å²) in [5, 5.41) is 6.46. The highest BCUT2D eigenvalue weighted by Gasteiger charge is 2.34. The number of piperidine rings is 1. The van der Waals surface area contributed by atoms with E-state index >= 15 is 0 Å². The third kappa shape index (κ3) is 6.09. The van der Waals surface area contributed by atoms with Crippen molar-refractivity contribution in [2.75, 3.05) is 13.1 Å². The van der Waals surface area contributed by atoms with Crippen molar-refractivity contribution in [2.45, 2.75) is 31.5 Å². The first-order valence-electron chi connectivity index (χ1n) is 10.8. The lowest BCUT2D eigenvalue weighted by atomic mass is 10.0. The topological polar surface area (TPSA) is 123 Å². The van der Waals surface area contributed by atoms with Gasteiger partial charge in [0, 0.05) is 24.7 Å². The standard InChI is InChI=1S/C23H21F4N5O4/c24-17-12-32(21(33)7-13-1-3-15(4-2-13)36-23(25,26)27)6-5-19(17)35-20-11-29-18(8-16(20)22(28)34)14-9-30-31-10-14/h1-4,8-11,17,19H,5-7,12H2,(H2,28,34)(H,30,31)/t17-,19-/m0/s1. The number of alkyl halides is 4. The third-order valence-electron chi connectivity index (χ3n) is 5.55. The quantitative estimate of drug-likeness (QED) is 0.474. The Hall–Kier alpha value is -4.16. The number of pyridine rings is 1. The summed E-state index contributed by atoms with van der Waals surface area (Å²) in [7, 11) is 0. The van der Waals surface area contributed by atoms with Crippen molar-refractivity contribution >= 4 is 11.8 Å². The fraction of sp³-hybridized carbons (Fsp3) is 0.304. The van der Waals surface area contributed by atoms with Gasteiger partial charge in [-0.3, -0.25) is 19.7 Å². The number of H-pyrrole nitrogens is 1. The summed E-state index contributed by atoms with van der Waals surface area (Å²) in [6.45, 7) is -0.0587. The number of ether oxygens (including phenoxy) is 2. The van der Waals surface area contributed by atoms with E-state index in [-0.39, 0.29) is 43.2 Å². The van der Waals surface area contributed by atoms with Crippen molar-refractivity contribution in [1.29, 1.82) is 0 Å². The van der Waals surface area contributed by atoms with E-state index in [1.165, 1.54) is 35.5 Å². The molecule has 36 heavy (non-hydrogen) atoms. The van der Waals surface area contributed by atoms with Gasteiger partial charge in [-0.05, 0) is 23.8 Å². The minimum atomic E-state index is -4.81. The number of carbonyl (C=O) groups is 2. The van der Waals surface area contributed by atoms with E-state index in [2.05, 4.69) is 19.9 Å². The van der Waals surface area contributed by atoms with E-state index in [9.17, 15) is 27.2 Å². The number of carbonyl (C=O) groups excluding carboxylic acids is 2. The van der Waals surface area contributed by atoms with E-state index in [0.29, 0.717) is 16.8 Å². The summed E-state index contributed by atoms with van der Waals surface area (Å²) >= 11 is 0. The summed E-state index contributed by atoms with van der Waals surface area (Å²) in [6.07, 6.45) is -2.88. The number of likely N-dealkylation sites (tertiary alicyclic amines) is 1. The molecule has 0 saturated carbocycles. The monoisotopic (exact) mass is 507 g/mol. The molecule has 190 valence electrons. The number of amides is 2. The number of aromatic amines is 1. The van der Waals surface area contributed by atoms with Crippen LogP contribution < -0.4 is 15.2 Å². The lowest BCUT2D eigenvalue weighted by Gasteiger charge is -2.35. The predicted octanol–water partition coefficient (Wildman–Crippen LogP) is 3.03. The van der Waals surface area contributed by atoms with Crippen LogP contribution in [0.4, 0.5) is 17.6 Å². The molecule has 1 aliphatic heterocycles. The van der Waals surface area contributed by atoms with Crippen LogP contribution in [0.1, 0.15) is 22.3 Å². The molecule has 2 atom stereocenters. The van der Waals surface area contributed by atoms with Crippen molar-refractivity contribution in [3.8, 4) is 22.8 Å². The van der Waals surface area contributed by atoms with Gasteiger partial charge in [-0.15, -0.1) is 13.2 Å². The zero-order valence-corrected chi connectivity index (χ0v) is 18.7. The van der Waals surface area contributed by atoms with Crippen LogP contribution in [0.25, 0.3) is 11.3 Å². The maximum Gasteiger partial charge on any atom is 0.573 e. The van der Waals surface area contributed by atoms with Crippen LogP contribution in [0.15, 0.2) is 48.9 Å². The molecule has 1 fully saturated rings. The number of nitrogens with two attached hydrogens (primary N) is 1. The SMILES string of the molecule is NC(=O)c1cc(-c2cn[nH]c2)ncc1O[C@H]1CCN(C(=O)Cc2ccc(OC(F)(F)F)cc2)C[C@@H]1F. The average Bonchev–Trinajstić information content (AvgIpc) is 3.36. The first kappa shape index (κ1) is 24.9.